The van der Waals surface area contributed by atoms with E-state index in [2.05, 4.69) is 15.5 Å². The van der Waals surface area contributed by atoms with E-state index in [4.69, 9.17) is 5.73 Å². The maximum absolute atomic E-state index is 12.2. The van der Waals surface area contributed by atoms with Gasteiger partial charge in [0.05, 0.1) is 6.04 Å². The van der Waals surface area contributed by atoms with Crippen molar-refractivity contribution < 1.29 is 4.79 Å². The van der Waals surface area contributed by atoms with Crippen LogP contribution in [-0.4, -0.2) is 20.7 Å². The average Bonchev–Trinajstić information content (AvgIpc) is 2.85. The van der Waals surface area contributed by atoms with Crippen LogP contribution >= 0.6 is 0 Å². The monoisotopic (exact) mass is 273 g/mol. The number of carbonyl (C=O) groups is 1. The fourth-order valence-corrected chi connectivity index (χ4v) is 1.98. The number of aryl methyl sites for hydroxylation is 2. The summed E-state index contributed by atoms with van der Waals surface area (Å²) in [6, 6.07) is 6.68. The largest absolute Gasteiger partial charge is 0.345 e. The zero-order valence-electron chi connectivity index (χ0n) is 11.9. The van der Waals surface area contributed by atoms with E-state index in [1.165, 1.54) is 0 Å². The summed E-state index contributed by atoms with van der Waals surface area (Å²) in [5, 5.41) is 10.6. The van der Waals surface area contributed by atoms with Gasteiger partial charge in [0.15, 0.2) is 5.82 Å². The summed E-state index contributed by atoms with van der Waals surface area (Å²) in [5.74, 6) is 0.457. The fraction of sp³-hybridized carbons (Fsp3) is 0.357. The van der Waals surface area contributed by atoms with E-state index in [0.29, 0.717) is 5.82 Å². The first-order valence-corrected chi connectivity index (χ1v) is 6.45. The lowest BCUT2D eigenvalue weighted by atomic mass is 10.1. The molecule has 2 atom stereocenters. The van der Waals surface area contributed by atoms with Crippen LogP contribution in [0.4, 0.5) is 0 Å². The minimum atomic E-state index is -0.689. The van der Waals surface area contributed by atoms with Crippen molar-refractivity contribution in [1.29, 1.82) is 0 Å². The summed E-state index contributed by atoms with van der Waals surface area (Å²) < 4.78 is 1.77. The van der Waals surface area contributed by atoms with Crippen LogP contribution in [0.1, 0.15) is 36.0 Å². The van der Waals surface area contributed by atoms with Crippen molar-refractivity contribution in [3.05, 3.63) is 47.5 Å². The Hall–Kier alpha value is -2.21. The predicted octanol–water partition coefficient (Wildman–Crippen LogP) is 1.00. The third-order valence-electron chi connectivity index (χ3n) is 3.21. The minimum Gasteiger partial charge on any atom is -0.345 e. The lowest BCUT2D eigenvalue weighted by Crippen LogP contribution is -2.36. The molecule has 6 nitrogen and oxygen atoms in total. The number of rotatable bonds is 4. The van der Waals surface area contributed by atoms with Gasteiger partial charge in [0.1, 0.15) is 12.4 Å². The molecule has 0 saturated heterocycles. The molecule has 0 bridgehead atoms. The highest BCUT2D eigenvalue weighted by Gasteiger charge is 2.20. The molecule has 0 aliphatic heterocycles. The standard InChI is InChI=1S/C14H19N5O/c1-9-4-6-11(7-5-9)12(15)14(20)17-10(2)13-18-16-8-19(13)3/h4-8,10,12H,15H2,1-3H3,(H,17,20). The Bertz CT molecular complexity index is 590. The summed E-state index contributed by atoms with van der Waals surface area (Å²) >= 11 is 0. The van der Waals surface area contributed by atoms with E-state index in [1.54, 1.807) is 10.9 Å². The van der Waals surface area contributed by atoms with Gasteiger partial charge in [-0.15, -0.1) is 10.2 Å². The number of nitrogens with one attached hydrogen (secondary N) is 1. The van der Waals surface area contributed by atoms with Crippen LogP contribution in [0.2, 0.25) is 0 Å². The van der Waals surface area contributed by atoms with Gasteiger partial charge in [0.2, 0.25) is 5.91 Å². The molecule has 6 heteroatoms. The fourth-order valence-electron chi connectivity index (χ4n) is 1.98. The molecule has 1 aromatic heterocycles. The zero-order chi connectivity index (χ0) is 14.7. The van der Waals surface area contributed by atoms with Gasteiger partial charge in [-0.25, -0.2) is 0 Å². The summed E-state index contributed by atoms with van der Waals surface area (Å²) in [6.07, 6.45) is 1.60. The topological polar surface area (TPSA) is 85.8 Å². The van der Waals surface area contributed by atoms with Gasteiger partial charge in [0.25, 0.3) is 0 Å². The van der Waals surface area contributed by atoms with Gasteiger partial charge in [-0.1, -0.05) is 29.8 Å². The Morgan fingerprint density at radius 3 is 2.55 bits per heavy atom. The molecule has 2 aromatic rings. The molecule has 2 unspecified atom stereocenters. The lowest BCUT2D eigenvalue weighted by molar-refractivity contribution is -0.123. The number of carbonyl (C=O) groups excluding carboxylic acids is 1. The molecule has 0 spiro atoms. The van der Waals surface area contributed by atoms with Crippen molar-refractivity contribution in [3.8, 4) is 0 Å². The Kier molecular flexibility index (Phi) is 4.14. The van der Waals surface area contributed by atoms with E-state index < -0.39 is 6.04 Å². The lowest BCUT2D eigenvalue weighted by Gasteiger charge is -2.17. The Morgan fingerprint density at radius 2 is 2.00 bits per heavy atom. The SMILES string of the molecule is Cc1ccc(C(N)C(=O)NC(C)c2nncn2C)cc1. The quantitative estimate of drug-likeness (QED) is 0.870. The first kappa shape index (κ1) is 14.2. The molecular formula is C14H19N5O. The molecule has 1 aromatic carbocycles. The van der Waals surface area contributed by atoms with Crippen molar-refractivity contribution in [2.75, 3.05) is 0 Å². The number of amides is 1. The Balaban J connectivity index is 2.04. The highest BCUT2D eigenvalue weighted by atomic mass is 16.2. The molecule has 0 fully saturated rings. The molecule has 0 aliphatic carbocycles. The van der Waals surface area contributed by atoms with Crippen LogP contribution in [0, 0.1) is 6.92 Å². The van der Waals surface area contributed by atoms with Crippen LogP contribution < -0.4 is 11.1 Å². The average molecular weight is 273 g/mol. The van der Waals surface area contributed by atoms with E-state index in [9.17, 15) is 4.79 Å². The number of benzene rings is 1. The third kappa shape index (κ3) is 3.03. The van der Waals surface area contributed by atoms with E-state index in [-0.39, 0.29) is 11.9 Å². The first-order valence-electron chi connectivity index (χ1n) is 6.45. The van der Waals surface area contributed by atoms with Gasteiger partial charge in [0, 0.05) is 7.05 Å². The zero-order valence-corrected chi connectivity index (χ0v) is 11.9. The highest BCUT2D eigenvalue weighted by molar-refractivity contribution is 5.83. The number of nitrogens with two attached hydrogens (primary N) is 1. The number of hydrogen-bond donors (Lipinski definition) is 2. The molecule has 20 heavy (non-hydrogen) atoms. The summed E-state index contributed by atoms with van der Waals surface area (Å²) in [7, 11) is 1.83. The molecular weight excluding hydrogens is 254 g/mol. The summed E-state index contributed by atoms with van der Waals surface area (Å²) in [5.41, 5.74) is 7.90. The smallest absolute Gasteiger partial charge is 0.242 e. The third-order valence-corrected chi connectivity index (χ3v) is 3.21. The van der Waals surface area contributed by atoms with Gasteiger partial charge in [-0.05, 0) is 19.4 Å². The molecule has 0 radical (unpaired) electrons. The summed E-state index contributed by atoms with van der Waals surface area (Å²) in [6.45, 7) is 3.84. The van der Waals surface area contributed by atoms with Crippen molar-refractivity contribution >= 4 is 5.91 Å². The van der Waals surface area contributed by atoms with Gasteiger partial charge >= 0.3 is 0 Å². The number of aromatic nitrogens is 3. The molecule has 3 N–H and O–H groups in total. The maximum Gasteiger partial charge on any atom is 0.242 e. The molecule has 2 rings (SSSR count). The minimum absolute atomic E-state index is 0.232. The van der Waals surface area contributed by atoms with Crippen LogP contribution in [0.25, 0.3) is 0 Å². The summed E-state index contributed by atoms with van der Waals surface area (Å²) in [4.78, 5) is 12.2. The van der Waals surface area contributed by atoms with Crippen LogP contribution in [-0.2, 0) is 11.8 Å². The maximum atomic E-state index is 12.2. The molecule has 1 amide bonds. The normalized spacial score (nSPS) is 13.8. The Labute approximate surface area is 118 Å². The Morgan fingerprint density at radius 1 is 1.35 bits per heavy atom. The van der Waals surface area contributed by atoms with Gasteiger partial charge < -0.3 is 15.6 Å². The molecule has 0 saturated carbocycles. The number of nitrogens with zero attached hydrogens (tertiary/aromatic N) is 3. The molecule has 1 heterocycles. The second-order valence-corrected chi connectivity index (χ2v) is 4.92. The van der Waals surface area contributed by atoms with Crippen molar-refractivity contribution in [2.45, 2.75) is 25.9 Å². The van der Waals surface area contributed by atoms with Crippen molar-refractivity contribution in [3.63, 3.8) is 0 Å². The second-order valence-electron chi connectivity index (χ2n) is 4.92. The first-order chi connectivity index (χ1) is 9.49. The molecule has 0 aliphatic rings. The predicted molar refractivity (Wildman–Crippen MR) is 75.7 cm³/mol. The number of hydrogen-bond acceptors (Lipinski definition) is 4. The van der Waals surface area contributed by atoms with Crippen molar-refractivity contribution in [2.24, 2.45) is 12.8 Å². The van der Waals surface area contributed by atoms with E-state index >= 15 is 0 Å². The van der Waals surface area contributed by atoms with Crippen LogP contribution in [0.5, 0.6) is 0 Å². The second kappa shape index (κ2) is 5.83. The van der Waals surface area contributed by atoms with E-state index in [1.807, 2.05) is 45.2 Å². The van der Waals surface area contributed by atoms with Crippen LogP contribution in [0.3, 0.4) is 0 Å². The van der Waals surface area contributed by atoms with Gasteiger partial charge in [-0.3, -0.25) is 4.79 Å². The van der Waals surface area contributed by atoms with Crippen molar-refractivity contribution in [1.82, 2.24) is 20.1 Å². The van der Waals surface area contributed by atoms with E-state index in [0.717, 1.165) is 11.1 Å². The van der Waals surface area contributed by atoms with Gasteiger partial charge in [-0.2, -0.15) is 0 Å². The highest BCUT2D eigenvalue weighted by Crippen LogP contribution is 2.14. The van der Waals surface area contributed by atoms with Crippen LogP contribution in [0.15, 0.2) is 30.6 Å². The molecule has 106 valence electrons.